The number of carboxylic acids is 1. The Hall–Kier alpha value is -1.32. The van der Waals surface area contributed by atoms with Gasteiger partial charge in [0.05, 0.1) is 0 Å². The Morgan fingerprint density at radius 3 is 2.47 bits per heavy atom. The normalized spacial score (nSPS) is 16.9. The van der Waals surface area contributed by atoms with Crippen molar-refractivity contribution in [1.29, 1.82) is 0 Å². The van der Waals surface area contributed by atoms with E-state index >= 15 is 0 Å². The van der Waals surface area contributed by atoms with Crippen LogP contribution < -0.4 is 0 Å². The van der Waals surface area contributed by atoms with Crippen LogP contribution in [0.25, 0.3) is 0 Å². The first-order chi connectivity index (χ1) is 7.08. The third-order valence-corrected chi connectivity index (χ3v) is 2.70. The van der Waals surface area contributed by atoms with Crippen molar-refractivity contribution in [2.24, 2.45) is 5.41 Å². The summed E-state index contributed by atoms with van der Waals surface area (Å²) in [4.78, 5) is 24.5. The molecule has 0 radical (unpaired) electrons. The van der Waals surface area contributed by atoms with Crippen molar-refractivity contribution in [3.05, 3.63) is 12.7 Å². The summed E-state index contributed by atoms with van der Waals surface area (Å²) in [6.07, 6.45) is 3.40. The zero-order chi connectivity index (χ0) is 11.5. The Kier molecular flexibility index (Phi) is 3.50. The number of aliphatic carboxylic acids is 1. The second kappa shape index (κ2) is 4.47. The molecule has 1 saturated carbocycles. The first-order valence-electron chi connectivity index (χ1n) is 5.22. The molecule has 0 aliphatic heterocycles. The largest absolute Gasteiger partial charge is 0.480 e. The molecule has 4 nitrogen and oxygen atoms in total. The van der Waals surface area contributed by atoms with E-state index < -0.39 is 11.4 Å². The highest BCUT2D eigenvalue weighted by Gasteiger charge is 2.58. The number of carboxylic acid groups (broad SMARTS) is 1. The molecule has 0 aromatic carbocycles. The molecular weight excluding hydrogens is 194 g/mol. The lowest BCUT2D eigenvalue weighted by atomic mass is 10.1. The summed E-state index contributed by atoms with van der Waals surface area (Å²) in [5, 5.41) is 8.99. The molecule has 0 unspecified atom stereocenters. The van der Waals surface area contributed by atoms with Crippen molar-refractivity contribution in [1.82, 2.24) is 4.90 Å². The molecule has 1 N–H and O–H groups in total. The highest BCUT2D eigenvalue weighted by atomic mass is 16.4. The highest BCUT2D eigenvalue weighted by Crippen LogP contribution is 2.47. The second-order valence-electron chi connectivity index (χ2n) is 3.93. The third kappa shape index (κ3) is 2.19. The van der Waals surface area contributed by atoms with Gasteiger partial charge in [0.15, 0.2) is 0 Å². The lowest BCUT2D eigenvalue weighted by Gasteiger charge is -2.23. The van der Waals surface area contributed by atoms with Crippen LogP contribution in [-0.2, 0) is 9.59 Å². The summed E-state index contributed by atoms with van der Waals surface area (Å²) >= 11 is 0. The molecule has 4 heteroatoms. The predicted octanol–water partition coefficient (Wildman–Crippen LogP) is 1.28. The van der Waals surface area contributed by atoms with E-state index in [0.717, 1.165) is 6.42 Å². The zero-order valence-corrected chi connectivity index (χ0v) is 9.03. The molecular formula is C11H17NO3. The SMILES string of the molecule is C=CCN(CCC)C(=O)C1(C(=O)O)CC1. The van der Waals surface area contributed by atoms with Crippen LogP contribution in [0.1, 0.15) is 26.2 Å². The van der Waals surface area contributed by atoms with Gasteiger partial charge in [0, 0.05) is 13.1 Å². The summed E-state index contributed by atoms with van der Waals surface area (Å²) in [6, 6.07) is 0. The van der Waals surface area contributed by atoms with Crippen molar-refractivity contribution in [2.45, 2.75) is 26.2 Å². The van der Waals surface area contributed by atoms with E-state index in [4.69, 9.17) is 5.11 Å². The quantitative estimate of drug-likeness (QED) is 0.531. The van der Waals surface area contributed by atoms with Gasteiger partial charge in [-0.2, -0.15) is 0 Å². The fraction of sp³-hybridized carbons (Fsp3) is 0.636. The van der Waals surface area contributed by atoms with E-state index in [0.29, 0.717) is 25.9 Å². The van der Waals surface area contributed by atoms with Crippen molar-refractivity contribution in [3.8, 4) is 0 Å². The second-order valence-corrected chi connectivity index (χ2v) is 3.93. The Labute approximate surface area is 89.6 Å². The first kappa shape index (κ1) is 11.8. The smallest absolute Gasteiger partial charge is 0.319 e. The lowest BCUT2D eigenvalue weighted by molar-refractivity contribution is -0.153. The van der Waals surface area contributed by atoms with Gasteiger partial charge in [-0.15, -0.1) is 6.58 Å². The molecule has 1 amide bonds. The molecule has 1 rings (SSSR count). The van der Waals surface area contributed by atoms with Crippen LogP contribution in [0.15, 0.2) is 12.7 Å². The van der Waals surface area contributed by atoms with Crippen LogP contribution in [0.3, 0.4) is 0 Å². The molecule has 1 aliphatic carbocycles. The van der Waals surface area contributed by atoms with Gasteiger partial charge in [-0.05, 0) is 19.3 Å². The molecule has 0 saturated heterocycles. The first-order valence-corrected chi connectivity index (χ1v) is 5.22. The van der Waals surface area contributed by atoms with E-state index in [9.17, 15) is 9.59 Å². The predicted molar refractivity (Wildman–Crippen MR) is 56.4 cm³/mol. The van der Waals surface area contributed by atoms with Gasteiger partial charge in [-0.1, -0.05) is 13.0 Å². The standard InChI is InChI=1S/C11H17NO3/c1-3-7-12(8-4-2)9(13)11(5-6-11)10(14)15/h3H,1,4-8H2,2H3,(H,14,15). The Morgan fingerprint density at radius 1 is 1.53 bits per heavy atom. The molecule has 15 heavy (non-hydrogen) atoms. The summed E-state index contributed by atoms with van der Waals surface area (Å²) in [6.45, 7) is 6.56. The maximum Gasteiger partial charge on any atom is 0.319 e. The van der Waals surface area contributed by atoms with Gasteiger partial charge in [-0.3, -0.25) is 9.59 Å². The number of nitrogens with zero attached hydrogens (tertiary/aromatic N) is 1. The van der Waals surface area contributed by atoms with Crippen LogP contribution in [0.4, 0.5) is 0 Å². The van der Waals surface area contributed by atoms with Crippen molar-refractivity contribution in [2.75, 3.05) is 13.1 Å². The fourth-order valence-corrected chi connectivity index (χ4v) is 1.65. The van der Waals surface area contributed by atoms with E-state index in [2.05, 4.69) is 6.58 Å². The number of amides is 1. The summed E-state index contributed by atoms with van der Waals surface area (Å²) in [7, 11) is 0. The topological polar surface area (TPSA) is 57.6 Å². The summed E-state index contributed by atoms with van der Waals surface area (Å²) in [5.41, 5.74) is -1.11. The zero-order valence-electron chi connectivity index (χ0n) is 9.03. The average Bonchev–Trinajstić information content (AvgIpc) is 2.97. The van der Waals surface area contributed by atoms with E-state index in [-0.39, 0.29) is 5.91 Å². The van der Waals surface area contributed by atoms with Crippen LogP contribution in [0, 0.1) is 5.41 Å². The van der Waals surface area contributed by atoms with E-state index in [1.165, 1.54) is 0 Å². The van der Waals surface area contributed by atoms with Crippen LogP contribution in [0.2, 0.25) is 0 Å². The van der Waals surface area contributed by atoms with Gasteiger partial charge in [0.25, 0.3) is 0 Å². The maximum absolute atomic E-state index is 11.9. The minimum absolute atomic E-state index is 0.253. The molecule has 0 spiro atoms. The van der Waals surface area contributed by atoms with Crippen LogP contribution >= 0.6 is 0 Å². The van der Waals surface area contributed by atoms with E-state index in [1.54, 1.807) is 11.0 Å². The van der Waals surface area contributed by atoms with Gasteiger partial charge in [-0.25, -0.2) is 0 Å². The maximum atomic E-state index is 11.9. The molecule has 0 atom stereocenters. The van der Waals surface area contributed by atoms with Gasteiger partial charge >= 0.3 is 5.97 Å². The summed E-state index contributed by atoms with van der Waals surface area (Å²) < 4.78 is 0. The molecule has 1 aliphatic rings. The van der Waals surface area contributed by atoms with Crippen molar-refractivity contribution < 1.29 is 14.7 Å². The Balaban J connectivity index is 2.71. The lowest BCUT2D eigenvalue weighted by Crippen LogP contribution is -2.41. The van der Waals surface area contributed by atoms with Crippen LogP contribution in [0.5, 0.6) is 0 Å². The van der Waals surface area contributed by atoms with Gasteiger partial charge < -0.3 is 10.0 Å². The van der Waals surface area contributed by atoms with Crippen molar-refractivity contribution >= 4 is 11.9 Å². The Bertz CT molecular complexity index is 282. The molecule has 84 valence electrons. The van der Waals surface area contributed by atoms with E-state index in [1.807, 2.05) is 6.92 Å². The molecule has 0 aromatic rings. The monoisotopic (exact) mass is 211 g/mol. The minimum atomic E-state index is -1.11. The van der Waals surface area contributed by atoms with Crippen LogP contribution in [-0.4, -0.2) is 35.0 Å². The number of carbonyl (C=O) groups is 2. The average molecular weight is 211 g/mol. The number of rotatable bonds is 6. The van der Waals surface area contributed by atoms with Crippen molar-refractivity contribution in [3.63, 3.8) is 0 Å². The molecule has 0 bridgehead atoms. The molecule has 1 fully saturated rings. The van der Waals surface area contributed by atoms with Gasteiger partial charge in [0.1, 0.15) is 5.41 Å². The third-order valence-electron chi connectivity index (χ3n) is 2.70. The molecule has 0 heterocycles. The Morgan fingerprint density at radius 2 is 2.13 bits per heavy atom. The summed E-state index contributed by atoms with van der Waals surface area (Å²) in [5.74, 6) is -1.24. The highest BCUT2D eigenvalue weighted by molar-refractivity contribution is 6.04. The molecule has 0 aromatic heterocycles. The van der Waals surface area contributed by atoms with Gasteiger partial charge in [0.2, 0.25) is 5.91 Å². The fourth-order valence-electron chi connectivity index (χ4n) is 1.65. The number of hydrogen-bond donors (Lipinski definition) is 1. The number of carbonyl (C=O) groups excluding carboxylic acids is 1. The number of hydrogen-bond acceptors (Lipinski definition) is 2. The minimum Gasteiger partial charge on any atom is -0.480 e.